The third kappa shape index (κ3) is 5.15. The Morgan fingerprint density at radius 3 is 2.55 bits per heavy atom. The van der Waals surface area contributed by atoms with Crippen molar-refractivity contribution in [3.05, 3.63) is 84.8 Å². The normalized spacial score (nSPS) is 11.3. The van der Waals surface area contributed by atoms with E-state index in [1.807, 2.05) is 41.1 Å². The number of amides is 1. The first kappa shape index (κ1) is 22.3. The molecule has 0 unspecified atom stereocenters. The first-order valence-corrected chi connectivity index (χ1v) is 11.6. The summed E-state index contributed by atoms with van der Waals surface area (Å²) >= 11 is 0. The Morgan fingerprint density at radius 1 is 1.03 bits per heavy atom. The minimum Gasteiger partial charge on any atom is -0.495 e. The minimum atomic E-state index is -3.98. The molecule has 1 amide bonds. The van der Waals surface area contributed by atoms with Gasteiger partial charge in [-0.25, -0.2) is 12.8 Å². The van der Waals surface area contributed by atoms with Gasteiger partial charge in [0.15, 0.2) is 0 Å². The fourth-order valence-electron chi connectivity index (χ4n) is 3.46. The molecule has 0 fully saturated rings. The van der Waals surface area contributed by atoms with Crippen LogP contribution in [-0.4, -0.2) is 26.0 Å². The highest BCUT2D eigenvalue weighted by atomic mass is 32.2. The second kappa shape index (κ2) is 9.33. The number of aryl methyl sites for hydroxylation is 1. The highest BCUT2D eigenvalue weighted by molar-refractivity contribution is 7.92. The average Bonchev–Trinajstić information content (AvgIpc) is 3.21. The number of hydrogen-bond donors (Lipinski definition) is 2. The van der Waals surface area contributed by atoms with Crippen LogP contribution in [0.5, 0.6) is 5.75 Å². The number of anilines is 2. The van der Waals surface area contributed by atoms with Gasteiger partial charge >= 0.3 is 0 Å². The van der Waals surface area contributed by atoms with Crippen LogP contribution >= 0.6 is 0 Å². The van der Waals surface area contributed by atoms with E-state index in [0.29, 0.717) is 12.2 Å². The molecule has 170 valence electrons. The van der Waals surface area contributed by atoms with Gasteiger partial charge in [-0.15, -0.1) is 0 Å². The smallest absolute Gasteiger partial charge is 0.262 e. The van der Waals surface area contributed by atoms with Gasteiger partial charge in [0.2, 0.25) is 5.91 Å². The van der Waals surface area contributed by atoms with Crippen LogP contribution in [0.1, 0.15) is 6.42 Å². The van der Waals surface area contributed by atoms with Crippen molar-refractivity contribution in [1.82, 2.24) is 4.57 Å². The molecule has 0 bridgehead atoms. The molecule has 0 atom stereocenters. The summed E-state index contributed by atoms with van der Waals surface area (Å²) in [6, 6.07) is 19.0. The molecule has 4 rings (SSSR count). The maximum atomic E-state index is 13.1. The van der Waals surface area contributed by atoms with Crippen LogP contribution < -0.4 is 14.8 Å². The Balaban J connectivity index is 1.46. The van der Waals surface area contributed by atoms with Gasteiger partial charge < -0.3 is 14.6 Å². The van der Waals surface area contributed by atoms with Gasteiger partial charge in [-0.1, -0.05) is 18.2 Å². The first-order chi connectivity index (χ1) is 15.9. The SMILES string of the molecule is COc1ccc(NC(=O)CCn2ccc3ccccc32)cc1NS(=O)(=O)c1ccc(F)cc1. The molecule has 7 nitrogen and oxygen atoms in total. The van der Waals surface area contributed by atoms with Crippen LogP contribution in [0.2, 0.25) is 0 Å². The number of ether oxygens (including phenoxy) is 1. The van der Waals surface area contributed by atoms with Gasteiger partial charge in [-0.3, -0.25) is 9.52 Å². The molecule has 0 aliphatic rings. The monoisotopic (exact) mass is 467 g/mol. The summed E-state index contributed by atoms with van der Waals surface area (Å²) in [7, 11) is -2.57. The second-order valence-corrected chi connectivity index (χ2v) is 9.02. The Labute approximate surface area is 190 Å². The Hall–Kier alpha value is -3.85. The molecule has 33 heavy (non-hydrogen) atoms. The maximum Gasteiger partial charge on any atom is 0.262 e. The summed E-state index contributed by atoms with van der Waals surface area (Å²) in [6.07, 6.45) is 2.18. The fraction of sp³-hybridized carbons (Fsp3) is 0.125. The number of halogens is 1. The first-order valence-electron chi connectivity index (χ1n) is 10.2. The third-order valence-electron chi connectivity index (χ3n) is 5.11. The zero-order valence-corrected chi connectivity index (χ0v) is 18.6. The van der Waals surface area contributed by atoms with Crippen LogP contribution in [0, 0.1) is 5.82 Å². The van der Waals surface area contributed by atoms with Gasteiger partial charge in [0.25, 0.3) is 10.0 Å². The molecule has 9 heteroatoms. The van der Waals surface area contributed by atoms with E-state index in [9.17, 15) is 17.6 Å². The van der Waals surface area contributed by atoms with Gasteiger partial charge in [0, 0.05) is 30.4 Å². The van der Waals surface area contributed by atoms with E-state index in [4.69, 9.17) is 4.74 Å². The number of sulfonamides is 1. The van der Waals surface area contributed by atoms with Crippen LogP contribution in [0.4, 0.5) is 15.8 Å². The van der Waals surface area contributed by atoms with Crippen molar-refractivity contribution in [1.29, 1.82) is 0 Å². The number of para-hydroxylation sites is 1. The van der Waals surface area contributed by atoms with Crippen LogP contribution in [0.15, 0.2) is 83.9 Å². The van der Waals surface area contributed by atoms with E-state index in [2.05, 4.69) is 10.0 Å². The summed E-state index contributed by atoms with van der Waals surface area (Å²) in [4.78, 5) is 12.4. The Bertz CT molecular complexity index is 1400. The van der Waals surface area contributed by atoms with Crippen molar-refractivity contribution in [3.8, 4) is 5.75 Å². The van der Waals surface area contributed by atoms with E-state index in [0.717, 1.165) is 23.0 Å². The zero-order chi connectivity index (χ0) is 23.4. The zero-order valence-electron chi connectivity index (χ0n) is 17.8. The molecule has 0 radical (unpaired) electrons. The van der Waals surface area contributed by atoms with Gasteiger partial charge in [0.1, 0.15) is 11.6 Å². The van der Waals surface area contributed by atoms with E-state index in [1.54, 1.807) is 12.1 Å². The fourth-order valence-corrected chi connectivity index (χ4v) is 4.53. The molecule has 0 saturated heterocycles. The minimum absolute atomic E-state index is 0.0978. The van der Waals surface area contributed by atoms with E-state index >= 15 is 0 Å². The summed E-state index contributed by atoms with van der Waals surface area (Å²) in [5.41, 5.74) is 1.61. The van der Waals surface area contributed by atoms with Crippen molar-refractivity contribution in [2.24, 2.45) is 0 Å². The highest BCUT2D eigenvalue weighted by Gasteiger charge is 2.17. The number of carbonyl (C=O) groups excluding carboxylic acids is 1. The molecule has 0 saturated carbocycles. The quantitative estimate of drug-likeness (QED) is 0.396. The predicted molar refractivity (Wildman–Crippen MR) is 125 cm³/mol. The summed E-state index contributed by atoms with van der Waals surface area (Å²) in [6.45, 7) is 0.500. The number of nitrogens with one attached hydrogen (secondary N) is 2. The number of aromatic nitrogens is 1. The molecule has 3 aromatic carbocycles. The molecular weight excluding hydrogens is 445 g/mol. The summed E-state index contributed by atoms with van der Waals surface area (Å²) in [5, 5.41) is 3.89. The van der Waals surface area contributed by atoms with Crippen molar-refractivity contribution >= 4 is 38.2 Å². The van der Waals surface area contributed by atoms with Crippen LogP contribution in [0.3, 0.4) is 0 Å². The van der Waals surface area contributed by atoms with Crippen LogP contribution in [-0.2, 0) is 21.4 Å². The van der Waals surface area contributed by atoms with Crippen molar-refractivity contribution in [3.63, 3.8) is 0 Å². The molecular formula is C24H22FN3O4S. The highest BCUT2D eigenvalue weighted by Crippen LogP contribution is 2.30. The molecule has 0 spiro atoms. The summed E-state index contributed by atoms with van der Waals surface area (Å²) < 4.78 is 48.2. The van der Waals surface area contributed by atoms with Crippen molar-refractivity contribution < 1.29 is 22.3 Å². The number of fused-ring (bicyclic) bond motifs is 1. The Morgan fingerprint density at radius 2 is 1.79 bits per heavy atom. The topological polar surface area (TPSA) is 89.4 Å². The number of rotatable bonds is 8. The van der Waals surface area contributed by atoms with Gasteiger partial charge in [-0.05, 0) is 60.0 Å². The largest absolute Gasteiger partial charge is 0.495 e. The molecule has 0 aliphatic heterocycles. The lowest BCUT2D eigenvalue weighted by atomic mass is 10.2. The van der Waals surface area contributed by atoms with Crippen LogP contribution in [0.25, 0.3) is 10.9 Å². The van der Waals surface area contributed by atoms with Crippen molar-refractivity contribution in [2.45, 2.75) is 17.9 Å². The molecule has 1 aromatic heterocycles. The standard InChI is InChI=1S/C24H22FN3O4S/c1-32-23-11-8-19(16-21(23)27-33(30,31)20-9-6-18(25)7-10-20)26-24(29)13-15-28-14-12-17-4-2-3-5-22(17)28/h2-12,14,16,27H,13,15H2,1H3,(H,26,29). The number of methoxy groups -OCH3 is 1. The lowest BCUT2D eigenvalue weighted by Crippen LogP contribution is -2.16. The summed E-state index contributed by atoms with van der Waals surface area (Å²) in [5.74, 6) is -0.480. The molecule has 4 aromatic rings. The number of hydrogen-bond acceptors (Lipinski definition) is 4. The molecule has 2 N–H and O–H groups in total. The third-order valence-corrected chi connectivity index (χ3v) is 6.49. The number of nitrogens with zero attached hydrogens (tertiary/aromatic N) is 1. The number of carbonyl (C=O) groups is 1. The maximum absolute atomic E-state index is 13.1. The number of benzene rings is 3. The Kier molecular flexibility index (Phi) is 6.32. The lowest BCUT2D eigenvalue weighted by molar-refractivity contribution is -0.116. The van der Waals surface area contributed by atoms with Gasteiger partial charge in [-0.2, -0.15) is 0 Å². The molecule has 1 heterocycles. The lowest BCUT2D eigenvalue weighted by Gasteiger charge is -2.14. The predicted octanol–water partition coefficient (Wildman–Crippen LogP) is 4.62. The molecule has 0 aliphatic carbocycles. The average molecular weight is 468 g/mol. The van der Waals surface area contributed by atoms with E-state index in [-0.39, 0.29) is 28.7 Å². The van der Waals surface area contributed by atoms with Gasteiger partial charge in [0.05, 0.1) is 17.7 Å². The second-order valence-electron chi connectivity index (χ2n) is 7.34. The van der Waals surface area contributed by atoms with E-state index in [1.165, 1.54) is 25.3 Å². The van der Waals surface area contributed by atoms with E-state index < -0.39 is 15.8 Å². The van der Waals surface area contributed by atoms with Crippen molar-refractivity contribution in [2.75, 3.05) is 17.1 Å².